The first-order valence-electron chi connectivity index (χ1n) is 16.3. The number of aliphatic imine (C=N–C) groups is 2. The summed E-state index contributed by atoms with van der Waals surface area (Å²) in [5.74, 6) is 0.508. The summed E-state index contributed by atoms with van der Waals surface area (Å²) in [6, 6.07) is 33.4. The minimum absolute atomic E-state index is 0.225. The van der Waals surface area contributed by atoms with Gasteiger partial charge in [0.05, 0.1) is 23.3 Å². The predicted octanol–water partition coefficient (Wildman–Crippen LogP) is 8.95. The van der Waals surface area contributed by atoms with Gasteiger partial charge in [-0.25, -0.2) is 0 Å². The van der Waals surface area contributed by atoms with E-state index in [0.29, 0.717) is 0 Å². The fraction of sp³-hybridized carbons (Fsp3) is 0.119. The van der Waals surface area contributed by atoms with E-state index in [1.807, 2.05) is 37.0 Å². The highest BCUT2D eigenvalue weighted by Crippen LogP contribution is 2.39. The Labute approximate surface area is 273 Å². The summed E-state index contributed by atoms with van der Waals surface area (Å²) in [7, 11) is 0. The number of pyridine rings is 1. The number of nitrogens with one attached hydrogen (secondary N) is 1. The van der Waals surface area contributed by atoms with E-state index in [-0.39, 0.29) is 11.8 Å². The van der Waals surface area contributed by atoms with Crippen molar-refractivity contribution < 1.29 is 0 Å². The molecule has 2 aromatic heterocycles. The van der Waals surface area contributed by atoms with Gasteiger partial charge in [-0.2, -0.15) is 0 Å². The smallest absolute Gasteiger partial charge is 0.0547 e. The van der Waals surface area contributed by atoms with E-state index < -0.39 is 0 Å². The zero-order valence-electron chi connectivity index (χ0n) is 25.9. The van der Waals surface area contributed by atoms with Gasteiger partial charge >= 0.3 is 0 Å². The summed E-state index contributed by atoms with van der Waals surface area (Å²) in [4.78, 5) is 13.6. The minimum atomic E-state index is 0.225. The van der Waals surface area contributed by atoms with Crippen molar-refractivity contribution in [3.63, 3.8) is 0 Å². The molecule has 0 bridgehead atoms. The van der Waals surface area contributed by atoms with Crippen molar-refractivity contribution in [1.29, 1.82) is 0 Å². The lowest BCUT2D eigenvalue weighted by molar-refractivity contribution is 0.682. The third kappa shape index (κ3) is 4.92. The average Bonchev–Trinajstić information content (AvgIpc) is 3.48. The first-order valence-corrected chi connectivity index (χ1v) is 16.3. The van der Waals surface area contributed by atoms with Crippen LogP contribution in [0.5, 0.6) is 0 Å². The molecule has 1 N–H and O–H groups in total. The SMILES string of the molecule is C1=CC(C2=CC(c3ccc4c5ccc(C6C=CN=C(c7cccnc7)C6)cc5n(-c5cccc6ccccc56)c4c3)=CCN2)CN=C1. The van der Waals surface area contributed by atoms with Gasteiger partial charge in [0.25, 0.3) is 0 Å². The Balaban J connectivity index is 1.20. The number of fused-ring (bicyclic) bond motifs is 4. The quantitative estimate of drug-likeness (QED) is 0.213. The molecule has 9 rings (SSSR count). The van der Waals surface area contributed by atoms with Crippen LogP contribution in [0.3, 0.4) is 0 Å². The monoisotopic (exact) mass is 607 g/mol. The van der Waals surface area contributed by atoms with Crippen molar-refractivity contribution in [3.8, 4) is 5.69 Å². The maximum Gasteiger partial charge on any atom is 0.0547 e. The number of benzene rings is 4. The van der Waals surface area contributed by atoms with Crippen molar-refractivity contribution >= 4 is 50.1 Å². The van der Waals surface area contributed by atoms with E-state index >= 15 is 0 Å². The Morgan fingerprint density at radius 1 is 0.766 bits per heavy atom. The van der Waals surface area contributed by atoms with Gasteiger partial charge in [0.1, 0.15) is 0 Å². The number of allylic oxidation sites excluding steroid dienone is 4. The van der Waals surface area contributed by atoms with E-state index in [4.69, 9.17) is 4.99 Å². The highest BCUT2D eigenvalue weighted by atomic mass is 15.0. The summed E-state index contributed by atoms with van der Waals surface area (Å²) >= 11 is 0. The molecule has 6 aromatic rings. The summed E-state index contributed by atoms with van der Waals surface area (Å²) in [6.07, 6.45) is 19.5. The van der Waals surface area contributed by atoms with Crippen molar-refractivity contribution in [1.82, 2.24) is 14.9 Å². The van der Waals surface area contributed by atoms with Crippen LogP contribution >= 0.6 is 0 Å². The number of nitrogens with zero attached hydrogens (tertiary/aromatic N) is 4. The molecular formula is C42H33N5. The molecule has 0 saturated heterocycles. The van der Waals surface area contributed by atoms with E-state index in [1.165, 1.54) is 60.7 Å². The largest absolute Gasteiger partial charge is 0.384 e. The van der Waals surface area contributed by atoms with Gasteiger partial charge in [-0.1, -0.05) is 85.0 Å². The Kier molecular flexibility index (Phi) is 6.74. The fourth-order valence-electron chi connectivity index (χ4n) is 7.31. The number of hydrogen-bond donors (Lipinski definition) is 1. The first kappa shape index (κ1) is 27.5. The molecule has 0 amide bonds. The minimum Gasteiger partial charge on any atom is -0.384 e. The van der Waals surface area contributed by atoms with Crippen LogP contribution in [-0.2, 0) is 0 Å². The van der Waals surface area contributed by atoms with Gasteiger partial charge in [-0.05, 0) is 58.5 Å². The molecule has 0 aliphatic carbocycles. The second-order valence-corrected chi connectivity index (χ2v) is 12.5. The number of aromatic nitrogens is 2. The van der Waals surface area contributed by atoms with Crippen molar-refractivity contribution in [2.75, 3.05) is 13.1 Å². The topological polar surface area (TPSA) is 54.6 Å². The Bertz CT molecular complexity index is 2360. The lowest BCUT2D eigenvalue weighted by Crippen LogP contribution is -2.25. The fourth-order valence-corrected chi connectivity index (χ4v) is 7.31. The van der Waals surface area contributed by atoms with E-state index in [1.54, 1.807) is 0 Å². The predicted molar refractivity (Wildman–Crippen MR) is 196 cm³/mol. The van der Waals surface area contributed by atoms with Gasteiger partial charge in [-0.15, -0.1) is 0 Å². The number of rotatable bonds is 5. The second kappa shape index (κ2) is 11.5. The summed E-state index contributed by atoms with van der Waals surface area (Å²) < 4.78 is 2.48. The molecule has 2 atom stereocenters. The molecule has 2 unspecified atom stereocenters. The molecule has 5 heterocycles. The summed E-state index contributed by atoms with van der Waals surface area (Å²) in [6.45, 7) is 1.59. The highest BCUT2D eigenvalue weighted by molar-refractivity contribution is 6.11. The van der Waals surface area contributed by atoms with E-state index in [0.717, 1.165) is 30.8 Å². The maximum atomic E-state index is 4.73. The Morgan fingerprint density at radius 2 is 1.66 bits per heavy atom. The highest BCUT2D eigenvalue weighted by Gasteiger charge is 2.21. The molecule has 47 heavy (non-hydrogen) atoms. The molecule has 4 aromatic carbocycles. The molecule has 0 radical (unpaired) electrons. The van der Waals surface area contributed by atoms with Crippen LogP contribution in [0.15, 0.2) is 156 Å². The number of hydrogen-bond acceptors (Lipinski definition) is 4. The molecule has 226 valence electrons. The lowest BCUT2D eigenvalue weighted by atomic mass is 9.89. The molecular weight excluding hydrogens is 574 g/mol. The van der Waals surface area contributed by atoms with Crippen LogP contribution in [0.2, 0.25) is 0 Å². The van der Waals surface area contributed by atoms with Crippen LogP contribution in [-0.4, -0.2) is 34.6 Å². The lowest BCUT2D eigenvalue weighted by Gasteiger charge is -2.22. The number of dihydropyridines is 2. The van der Waals surface area contributed by atoms with Crippen molar-refractivity contribution in [2.45, 2.75) is 12.3 Å². The van der Waals surface area contributed by atoms with E-state index in [2.05, 4.69) is 129 Å². The van der Waals surface area contributed by atoms with Crippen LogP contribution in [0.4, 0.5) is 0 Å². The zero-order valence-corrected chi connectivity index (χ0v) is 25.9. The molecule has 5 nitrogen and oxygen atoms in total. The normalized spacial score (nSPS) is 19.1. The molecule has 0 saturated carbocycles. The zero-order chi connectivity index (χ0) is 31.2. The van der Waals surface area contributed by atoms with Crippen LogP contribution in [0.25, 0.3) is 43.8 Å². The third-order valence-electron chi connectivity index (χ3n) is 9.69. The Morgan fingerprint density at radius 3 is 2.55 bits per heavy atom. The van der Waals surface area contributed by atoms with Gasteiger partial charge in [0.2, 0.25) is 0 Å². The van der Waals surface area contributed by atoms with Gasteiger partial charge in [-0.3, -0.25) is 15.0 Å². The second-order valence-electron chi connectivity index (χ2n) is 12.5. The van der Waals surface area contributed by atoms with Crippen LogP contribution in [0.1, 0.15) is 29.0 Å². The van der Waals surface area contributed by atoms with E-state index in [9.17, 15) is 0 Å². The molecule has 0 spiro atoms. The maximum absolute atomic E-state index is 4.73. The van der Waals surface area contributed by atoms with Crippen LogP contribution in [0, 0.1) is 5.92 Å². The van der Waals surface area contributed by atoms with Gasteiger partial charge < -0.3 is 9.88 Å². The molecule has 5 heteroatoms. The molecule has 0 fully saturated rings. The Hall–Kier alpha value is -5.81. The van der Waals surface area contributed by atoms with Crippen molar-refractivity contribution in [2.24, 2.45) is 15.9 Å². The summed E-state index contributed by atoms with van der Waals surface area (Å²) in [5, 5.41) is 8.57. The standard InChI is InChI=1S/C42H33N5/c1-2-10-35-28(6-1)7-3-11-40(35)47-41-24-29(31-16-20-45-38(22-31)33-8-4-18-43-26-33)12-14-36(41)37-15-13-30(25-42(37)47)32-17-21-46-39(23-32)34-9-5-19-44-27-34/h1-20,23-26,31,34,46H,21-22,27H2. The first-order chi connectivity index (χ1) is 23.3. The molecule has 3 aliphatic heterocycles. The third-order valence-corrected chi connectivity index (χ3v) is 9.69. The summed E-state index contributed by atoms with van der Waals surface area (Å²) in [5.41, 5.74) is 10.7. The van der Waals surface area contributed by atoms with Gasteiger partial charge in [0.15, 0.2) is 0 Å². The average molecular weight is 608 g/mol. The van der Waals surface area contributed by atoms with Crippen molar-refractivity contribution in [3.05, 3.63) is 162 Å². The molecule has 3 aliphatic rings. The van der Waals surface area contributed by atoms with Gasteiger partial charge in [0, 0.05) is 82.7 Å². The van der Waals surface area contributed by atoms with Crippen LogP contribution < -0.4 is 5.32 Å².